The molecule has 0 spiro atoms. The second-order valence-corrected chi connectivity index (χ2v) is 6.74. The molecule has 3 atom stereocenters. The number of aryl methyl sites for hydroxylation is 1. The predicted molar refractivity (Wildman–Crippen MR) is 101 cm³/mol. The summed E-state index contributed by atoms with van der Waals surface area (Å²) < 4.78 is 5.76. The first-order chi connectivity index (χ1) is 12.2. The Bertz CT molecular complexity index is 675. The van der Waals surface area contributed by atoms with Crippen LogP contribution in [-0.2, 0) is 12.8 Å². The molecule has 0 amide bonds. The van der Waals surface area contributed by atoms with Gasteiger partial charge in [-0.05, 0) is 30.0 Å². The fourth-order valence-corrected chi connectivity index (χ4v) is 3.31. The van der Waals surface area contributed by atoms with Crippen LogP contribution >= 0.6 is 0 Å². The van der Waals surface area contributed by atoms with Crippen LogP contribution in [0.1, 0.15) is 36.1 Å². The summed E-state index contributed by atoms with van der Waals surface area (Å²) >= 11 is 0. The van der Waals surface area contributed by atoms with Crippen molar-refractivity contribution in [2.45, 2.75) is 44.4 Å². The van der Waals surface area contributed by atoms with Crippen molar-refractivity contribution in [3.63, 3.8) is 0 Å². The molecule has 4 nitrogen and oxygen atoms in total. The number of nitrogens with one attached hydrogen (secondary N) is 1. The van der Waals surface area contributed by atoms with E-state index in [1.54, 1.807) is 0 Å². The zero-order chi connectivity index (χ0) is 17.6. The van der Waals surface area contributed by atoms with Crippen molar-refractivity contribution in [1.82, 2.24) is 5.32 Å². The van der Waals surface area contributed by atoms with Gasteiger partial charge in [-0.2, -0.15) is 0 Å². The van der Waals surface area contributed by atoms with Gasteiger partial charge >= 0.3 is 0 Å². The largest absolute Gasteiger partial charge is 0.493 e. The van der Waals surface area contributed by atoms with Crippen LogP contribution in [0.5, 0.6) is 5.75 Å². The second kappa shape index (κ2) is 8.48. The molecule has 0 bridgehead atoms. The minimum Gasteiger partial charge on any atom is -0.493 e. The quantitative estimate of drug-likeness (QED) is 0.725. The van der Waals surface area contributed by atoms with E-state index in [9.17, 15) is 5.11 Å². The summed E-state index contributed by atoms with van der Waals surface area (Å²) in [5.41, 5.74) is 9.83. The van der Waals surface area contributed by atoms with E-state index in [1.165, 1.54) is 11.1 Å². The van der Waals surface area contributed by atoms with E-state index in [2.05, 4.69) is 30.4 Å². The highest BCUT2D eigenvalue weighted by Crippen LogP contribution is 2.32. The van der Waals surface area contributed by atoms with E-state index in [-0.39, 0.29) is 12.1 Å². The summed E-state index contributed by atoms with van der Waals surface area (Å²) in [5.74, 6) is 0.948. The smallest absolute Gasteiger partial charge is 0.124 e. The summed E-state index contributed by atoms with van der Waals surface area (Å²) in [6.45, 7) is 3.33. The molecule has 2 aromatic carbocycles. The highest BCUT2D eigenvalue weighted by atomic mass is 16.5. The van der Waals surface area contributed by atoms with E-state index < -0.39 is 6.10 Å². The highest BCUT2D eigenvalue weighted by molar-refractivity contribution is 5.40. The Balaban J connectivity index is 1.58. The summed E-state index contributed by atoms with van der Waals surface area (Å²) in [7, 11) is 0. The Morgan fingerprint density at radius 3 is 2.76 bits per heavy atom. The lowest BCUT2D eigenvalue weighted by molar-refractivity contribution is 0.133. The Labute approximate surface area is 150 Å². The molecule has 0 aromatic heterocycles. The topological polar surface area (TPSA) is 67.5 Å². The van der Waals surface area contributed by atoms with Crippen LogP contribution in [-0.4, -0.2) is 30.4 Å². The van der Waals surface area contributed by atoms with E-state index in [1.807, 2.05) is 30.3 Å². The van der Waals surface area contributed by atoms with E-state index in [4.69, 9.17) is 10.5 Å². The molecule has 1 aliphatic heterocycles. The van der Waals surface area contributed by atoms with E-state index in [0.29, 0.717) is 19.6 Å². The molecule has 0 fully saturated rings. The number of aliphatic hydroxyl groups is 1. The highest BCUT2D eigenvalue weighted by Gasteiger charge is 2.23. The van der Waals surface area contributed by atoms with E-state index in [0.717, 1.165) is 24.2 Å². The number of benzene rings is 2. The number of hydrogen-bond acceptors (Lipinski definition) is 4. The first-order valence-electron chi connectivity index (χ1n) is 9.14. The average Bonchev–Trinajstić information content (AvgIpc) is 2.66. The van der Waals surface area contributed by atoms with Gasteiger partial charge in [-0.1, -0.05) is 49.4 Å². The molecular weight excluding hydrogens is 312 g/mol. The number of fused-ring (bicyclic) bond motifs is 1. The summed E-state index contributed by atoms with van der Waals surface area (Å²) in [6, 6.07) is 16.4. The van der Waals surface area contributed by atoms with Gasteiger partial charge in [0.25, 0.3) is 0 Å². The standard InChI is InChI=1S/C21H28N2O2/c1-2-15-8-9-21-17(12-15)19(10-11-25-21)23-14-20(24)18(22)13-16-6-4-3-5-7-16/h3-9,12,18-20,23-24H,2,10-11,13-14,22H2,1H3/t18-,19?,20+/m0/s1. The van der Waals surface area contributed by atoms with Crippen LogP contribution in [0, 0.1) is 0 Å². The fraction of sp³-hybridized carbons (Fsp3) is 0.429. The van der Waals surface area contributed by atoms with Crippen LogP contribution in [0.2, 0.25) is 0 Å². The molecule has 3 rings (SSSR count). The zero-order valence-electron chi connectivity index (χ0n) is 14.8. The number of rotatable bonds is 7. The first-order valence-corrected chi connectivity index (χ1v) is 9.14. The molecular formula is C21H28N2O2. The average molecular weight is 340 g/mol. The summed E-state index contributed by atoms with van der Waals surface area (Å²) in [4.78, 5) is 0. The Hall–Kier alpha value is -1.88. The van der Waals surface area contributed by atoms with Gasteiger partial charge in [-0.25, -0.2) is 0 Å². The third kappa shape index (κ3) is 4.60. The predicted octanol–water partition coefficient (Wildman–Crippen LogP) is 2.59. The lowest BCUT2D eigenvalue weighted by Gasteiger charge is -2.29. The number of hydrogen-bond donors (Lipinski definition) is 3. The van der Waals surface area contributed by atoms with Crippen molar-refractivity contribution in [3.05, 3.63) is 65.2 Å². The monoisotopic (exact) mass is 340 g/mol. The molecule has 4 heteroatoms. The maximum Gasteiger partial charge on any atom is 0.124 e. The van der Waals surface area contributed by atoms with Crippen molar-refractivity contribution in [3.8, 4) is 5.75 Å². The molecule has 4 N–H and O–H groups in total. The lowest BCUT2D eigenvalue weighted by atomic mass is 9.96. The molecule has 0 radical (unpaired) electrons. The third-order valence-electron chi connectivity index (χ3n) is 4.90. The fourth-order valence-electron chi connectivity index (χ4n) is 3.31. The van der Waals surface area contributed by atoms with Gasteiger partial charge in [-0.15, -0.1) is 0 Å². The zero-order valence-corrected chi connectivity index (χ0v) is 14.8. The van der Waals surface area contributed by atoms with Gasteiger partial charge in [-0.3, -0.25) is 0 Å². The van der Waals surface area contributed by atoms with Crippen molar-refractivity contribution in [2.24, 2.45) is 5.73 Å². The normalized spacial score (nSPS) is 18.9. The lowest BCUT2D eigenvalue weighted by Crippen LogP contribution is -2.44. The van der Waals surface area contributed by atoms with Crippen molar-refractivity contribution in [1.29, 1.82) is 0 Å². The number of aliphatic hydroxyl groups excluding tert-OH is 1. The molecule has 1 unspecified atom stereocenters. The van der Waals surface area contributed by atoms with Gasteiger partial charge < -0.3 is 20.9 Å². The van der Waals surface area contributed by atoms with Crippen LogP contribution in [0.25, 0.3) is 0 Å². The SMILES string of the molecule is CCc1ccc2c(c1)C(NC[C@@H](O)[C@@H](N)Cc1ccccc1)CCO2. The Morgan fingerprint density at radius 1 is 1.20 bits per heavy atom. The minimum absolute atomic E-state index is 0.203. The van der Waals surface area contributed by atoms with Gasteiger partial charge in [0.15, 0.2) is 0 Å². The minimum atomic E-state index is -0.583. The molecule has 1 heterocycles. The van der Waals surface area contributed by atoms with Gasteiger partial charge in [0.1, 0.15) is 5.75 Å². The molecule has 134 valence electrons. The van der Waals surface area contributed by atoms with Crippen molar-refractivity contribution >= 4 is 0 Å². The number of ether oxygens (including phenoxy) is 1. The molecule has 0 aliphatic carbocycles. The maximum absolute atomic E-state index is 10.4. The molecule has 25 heavy (non-hydrogen) atoms. The van der Waals surface area contributed by atoms with Gasteiger partial charge in [0, 0.05) is 30.6 Å². The third-order valence-corrected chi connectivity index (χ3v) is 4.90. The summed E-state index contributed by atoms with van der Waals surface area (Å²) in [6.07, 6.45) is 2.00. The van der Waals surface area contributed by atoms with Crippen LogP contribution in [0.4, 0.5) is 0 Å². The van der Waals surface area contributed by atoms with Crippen LogP contribution in [0.15, 0.2) is 48.5 Å². The Kier molecular flexibility index (Phi) is 6.08. The summed E-state index contributed by atoms with van der Waals surface area (Å²) in [5, 5.41) is 13.9. The Morgan fingerprint density at radius 2 is 2.00 bits per heavy atom. The van der Waals surface area contributed by atoms with Gasteiger partial charge in [0.05, 0.1) is 12.7 Å². The maximum atomic E-state index is 10.4. The molecule has 0 saturated heterocycles. The van der Waals surface area contributed by atoms with Crippen LogP contribution < -0.4 is 15.8 Å². The second-order valence-electron chi connectivity index (χ2n) is 6.74. The molecule has 2 aromatic rings. The van der Waals surface area contributed by atoms with E-state index >= 15 is 0 Å². The first kappa shape index (κ1) is 17.9. The molecule has 0 saturated carbocycles. The molecule has 1 aliphatic rings. The number of nitrogens with two attached hydrogens (primary N) is 1. The van der Waals surface area contributed by atoms with Gasteiger partial charge in [0.2, 0.25) is 0 Å². The van der Waals surface area contributed by atoms with Crippen LogP contribution in [0.3, 0.4) is 0 Å². The van der Waals surface area contributed by atoms with Crippen molar-refractivity contribution in [2.75, 3.05) is 13.2 Å². The van der Waals surface area contributed by atoms with Crippen molar-refractivity contribution < 1.29 is 9.84 Å².